The molecule has 0 amide bonds. The Morgan fingerprint density at radius 1 is 1.29 bits per heavy atom. The Morgan fingerprint density at radius 2 is 2.24 bits per heavy atom. The van der Waals surface area contributed by atoms with Crippen LogP contribution < -0.4 is 11.1 Å². The van der Waals surface area contributed by atoms with Crippen LogP contribution in [0.4, 0.5) is 5.82 Å². The van der Waals surface area contributed by atoms with E-state index in [4.69, 9.17) is 5.73 Å². The summed E-state index contributed by atoms with van der Waals surface area (Å²) in [6.07, 6.45) is 3.67. The Labute approximate surface area is 100 Å². The first-order valence-corrected chi connectivity index (χ1v) is 6.47. The summed E-state index contributed by atoms with van der Waals surface area (Å²) >= 11 is 0. The van der Waals surface area contributed by atoms with Gasteiger partial charge in [0.25, 0.3) is 0 Å². The van der Waals surface area contributed by atoms with Crippen molar-refractivity contribution in [1.29, 1.82) is 0 Å². The SMILES string of the molecule is Nc1[nH]c2cccc3c2c1C[C@H]1NCCC[C@H]31. The summed E-state index contributed by atoms with van der Waals surface area (Å²) in [5, 5.41) is 5.05. The van der Waals surface area contributed by atoms with Crippen LogP contribution in [0.5, 0.6) is 0 Å². The molecule has 3 nitrogen and oxygen atoms in total. The van der Waals surface area contributed by atoms with E-state index in [1.807, 2.05) is 0 Å². The standard InChI is InChI=1S/C14H17N3/c15-14-10-7-12-8(4-2-6-16-12)9-3-1-5-11(17-14)13(9)10/h1,3,5,8,12,16-17H,2,4,6-7,15H2/t8-,12-/m1/s1. The number of piperidine rings is 1. The fourth-order valence-electron chi connectivity index (χ4n) is 3.65. The highest BCUT2D eigenvalue weighted by atomic mass is 14.9. The number of aromatic nitrogens is 1. The maximum atomic E-state index is 6.11. The number of nitrogens with one attached hydrogen (secondary N) is 2. The average molecular weight is 227 g/mol. The van der Waals surface area contributed by atoms with E-state index in [0.717, 1.165) is 18.8 Å². The van der Waals surface area contributed by atoms with Crippen molar-refractivity contribution in [2.75, 3.05) is 12.3 Å². The number of hydrogen-bond donors (Lipinski definition) is 3. The molecule has 1 fully saturated rings. The van der Waals surface area contributed by atoms with Crippen LogP contribution in [0.15, 0.2) is 18.2 Å². The van der Waals surface area contributed by atoms with Crippen molar-refractivity contribution in [3.8, 4) is 0 Å². The van der Waals surface area contributed by atoms with E-state index in [-0.39, 0.29) is 0 Å². The van der Waals surface area contributed by atoms with Crippen LogP contribution in [0, 0.1) is 0 Å². The van der Waals surface area contributed by atoms with Gasteiger partial charge in [-0.05, 0) is 37.4 Å². The van der Waals surface area contributed by atoms with E-state index in [1.54, 1.807) is 0 Å². The lowest BCUT2D eigenvalue weighted by Crippen LogP contribution is -2.43. The normalized spacial score (nSPS) is 27.1. The first-order chi connectivity index (χ1) is 8.34. The first-order valence-electron chi connectivity index (χ1n) is 6.47. The molecule has 0 bridgehead atoms. The number of fused-ring (bicyclic) bond motifs is 2. The minimum Gasteiger partial charge on any atom is -0.385 e. The van der Waals surface area contributed by atoms with Gasteiger partial charge in [-0.2, -0.15) is 0 Å². The van der Waals surface area contributed by atoms with Crippen LogP contribution in [-0.2, 0) is 6.42 Å². The summed E-state index contributed by atoms with van der Waals surface area (Å²) in [6.45, 7) is 1.15. The molecule has 1 aromatic carbocycles. The highest BCUT2D eigenvalue weighted by molar-refractivity contribution is 5.92. The molecule has 1 aliphatic heterocycles. The molecule has 3 heteroatoms. The molecule has 0 unspecified atom stereocenters. The second-order valence-corrected chi connectivity index (χ2v) is 5.30. The predicted molar refractivity (Wildman–Crippen MR) is 70.2 cm³/mol. The molecule has 0 saturated carbocycles. The lowest BCUT2D eigenvalue weighted by Gasteiger charge is -2.36. The lowest BCUT2D eigenvalue weighted by molar-refractivity contribution is 0.345. The van der Waals surface area contributed by atoms with E-state index in [1.165, 1.54) is 34.9 Å². The molecule has 0 radical (unpaired) electrons. The van der Waals surface area contributed by atoms with Crippen molar-refractivity contribution in [2.24, 2.45) is 0 Å². The number of anilines is 1. The minimum absolute atomic E-state index is 0.583. The summed E-state index contributed by atoms with van der Waals surface area (Å²) in [7, 11) is 0. The molecule has 1 aliphatic carbocycles. The number of nitrogen functional groups attached to an aromatic ring is 1. The van der Waals surface area contributed by atoms with Crippen molar-refractivity contribution < 1.29 is 0 Å². The van der Waals surface area contributed by atoms with Crippen molar-refractivity contribution in [2.45, 2.75) is 31.2 Å². The first kappa shape index (κ1) is 9.54. The smallest absolute Gasteiger partial charge is 0.105 e. The molecule has 4 N–H and O–H groups in total. The number of benzene rings is 1. The molecule has 2 atom stereocenters. The van der Waals surface area contributed by atoms with Crippen molar-refractivity contribution in [3.05, 3.63) is 29.3 Å². The third kappa shape index (κ3) is 1.20. The Balaban J connectivity index is 2.01. The second-order valence-electron chi connectivity index (χ2n) is 5.30. The maximum absolute atomic E-state index is 6.11. The van der Waals surface area contributed by atoms with Gasteiger partial charge in [-0.15, -0.1) is 0 Å². The van der Waals surface area contributed by atoms with Gasteiger partial charge in [0, 0.05) is 28.4 Å². The van der Waals surface area contributed by atoms with Crippen molar-refractivity contribution in [1.82, 2.24) is 10.3 Å². The quantitative estimate of drug-likeness (QED) is 0.646. The predicted octanol–water partition coefficient (Wildman–Crippen LogP) is 2.14. The van der Waals surface area contributed by atoms with Crippen molar-refractivity contribution in [3.63, 3.8) is 0 Å². The van der Waals surface area contributed by atoms with Gasteiger partial charge in [-0.25, -0.2) is 0 Å². The van der Waals surface area contributed by atoms with Crippen LogP contribution in [-0.4, -0.2) is 17.6 Å². The highest BCUT2D eigenvalue weighted by Crippen LogP contribution is 2.42. The molecule has 17 heavy (non-hydrogen) atoms. The molecule has 2 aliphatic rings. The van der Waals surface area contributed by atoms with E-state index < -0.39 is 0 Å². The topological polar surface area (TPSA) is 53.8 Å². The molecule has 1 saturated heterocycles. The molecule has 1 aromatic heterocycles. The van der Waals surface area contributed by atoms with Gasteiger partial charge >= 0.3 is 0 Å². The molecular formula is C14H17N3. The number of aromatic amines is 1. The van der Waals surface area contributed by atoms with Crippen LogP contribution in [0.25, 0.3) is 10.9 Å². The highest BCUT2D eigenvalue weighted by Gasteiger charge is 2.33. The minimum atomic E-state index is 0.583. The van der Waals surface area contributed by atoms with Crippen molar-refractivity contribution >= 4 is 16.7 Å². The van der Waals surface area contributed by atoms with Gasteiger partial charge in [0.1, 0.15) is 5.82 Å². The van der Waals surface area contributed by atoms with E-state index in [2.05, 4.69) is 28.5 Å². The molecule has 2 heterocycles. The van der Waals surface area contributed by atoms with Gasteiger partial charge in [0.2, 0.25) is 0 Å². The van der Waals surface area contributed by atoms with Gasteiger partial charge < -0.3 is 16.0 Å². The molecular weight excluding hydrogens is 210 g/mol. The number of hydrogen-bond acceptors (Lipinski definition) is 2. The average Bonchev–Trinajstić information content (AvgIpc) is 2.68. The zero-order chi connectivity index (χ0) is 11.4. The molecule has 4 rings (SSSR count). The summed E-state index contributed by atoms with van der Waals surface area (Å²) in [5.41, 5.74) is 10.1. The summed E-state index contributed by atoms with van der Waals surface area (Å²) in [4.78, 5) is 3.32. The van der Waals surface area contributed by atoms with Crippen LogP contribution in [0.1, 0.15) is 29.9 Å². The Morgan fingerprint density at radius 3 is 3.18 bits per heavy atom. The van der Waals surface area contributed by atoms with Gasteiger partial charge in [0.15, 0.2) is 0 Å². The zero-order valence-corrected chi connectivity index (χ0v) is 9.79. The monoisotopic (exact) mass is 227 g/mol. The van der Waals surface area contributed by atoms with E-state index in [9.17, 15) is 0 Å². The van der Waals surface area contributed by atoms with Gasteiger partial charge in [0.05, 0.1) is 0 Å². The Bertz CT molecular complexity index is 584. The maximum Gasteiger partial charge on any atom is 0.105 e. The molecule has 88 valence electrons. The fourth-order valence-corrected chi connectivity index (χ4v) is 3.65. The number of H-pyrrole nitrogens is 1. The third-order valence-electron chi connectivity index (χ3n) is 4.40. The summed E-state index contributed by atoms with van der Waals surface area (Å²) < 4.78 is 0. The molecule has 0 spiro atoms. The fraction of sp³-hybridized carbons (Fsp3) is 0.429. The van der Waals surface area contributed by atoms with E-state index >= 15 is 0 Å². The molecule has 2 aromatic rings. The Hall–Kier alpha value is -1.48. The van der Waals surface area contributed by atoms with Crippen LogP contribution >= 0.6 is 0 Å². The van der Waals surface area contributed by atoms with Crippen LogP contribution in [0.2, 0.25) is 0 Å². The number of nitrogens with two attached hydrogens (primary N) is 1. The Kier molecular flexibility index (Phi) is 1.83. The second kappa shape index (κ2) is 3.26. The summed E-state index contributed by atoms with van der Waals surface area (Å²) in [6, 6.07) is 7.15. The zero-order valence-electron chi connectivity index (χ0n) is 9.79. The summed E-state index contributed by atoms with van der Waals surface area (Å²) in [5.74, 6) is 1.54. The lowest BCUT2D eigenvalue weighted by atomic mass is 9.76. The third-order valence-corrected chi connectivity index (χ3v) is 4.40. The van der Waals surface area contributed by atoms with Gasteiger partial charge in [-0.3, -0.25) is 0 Å². The van der Waals surface area contributed by atoms with Gasteiger partial charge in [-0.1, -0.05) is 12.1 Å². The number of rotatable bonds is 0. The largest absolute Gasteiger partial charge is 0.385 e. The van der Waals surface area contributed by atoms with E-state index in [0.29, 0.717) is 12.0 Å². The van der Waals surface area contributed by atoms with Crippen LogP contribution in [0.3, 0.4) is 0 Å².